The van der Waals surface area contributed by atoms with Gasteiger partial charge in [0.1, 0.15) is 11.5 Å². The van der Waals surface area contributed by atoms with Gasteiger partial charge in [0.25, 0.3) is 0 Å². The maximum absolute atomic E-state index is 10.9. The van der Waals surface area contributed by atoms with E-state index in [1.54, 1.807) is 14.0 Å². The first kappa shape index (κ1) is 15.7. The molecule has 0 saturated heterocycles. The van der Waals surface area contributed by atoms with Gasteiger partial charge in [0.15, 0.2) is 0 Å². The number of hydrogen-bond donors (Lipinski definition) is 0. The molecular weight excluding hydrogens is 238 g/mol. The molecule has 0 aromatic heterocycles. The zero-order valence-electron chi connectivity index (χ0n) is 12.7. The molecule has 0 atom stereocenters. The molecule has 1 aromatic rings. The number of nitrogens with zero attached hydrogens (tertiary/aromatic N) is 1. The molecule has 0 unspecified atom stereocenters. The molecule has 1 aromatic carbocycles. The Morgan fingerprint density at radius 1 is 1.32 bits per heavy atom. The van der Waals surface area contributed by atoms with Crippen LogP contribution in [0.3, 0.4) is 0 Å². The van der Waals surface area contributed by atoms with Crippen LogP contribution in [0, 0.1) is 13.8 Å². The van der Waals surface area contributed by atoms with Gasteiger partial charge in [-0.2, -0.15) is 0 Å². The summed E-state index contributed by atoms with van der Waals surface area (Å²) in [5, 5.41) is 0. The summed E-state index contributed by atoms with van der Waals surface area (Å²) in [5.41, 5.74) is 3.64. The number of methoxy groups -OCH3 is 1. The van der Waals surface area contributed by atoms with Crippen molar-refractivity contribution in [2.24, 2.45) is 0 Å². The Hall–Kier alpha value is -1.35. The molecule has 0 saturated carbocycles. The molecule has 0 radical (unpaired) electrons. The van der Waals surface area contributed by atoms with E-state index in [0.29, 0.717) is 6.42 Å². The number of rotatable bonds is 7. The molecule has 3 nitrogen and oxygen atoms in total. The number of benzene rings is 1. The maximum atomic E-state index is 10.9. The van der Waals surface area contributed by atoms with Gasteiger partial charge in [0.2, 0.25) is 0 Å². The Kier molecular flexibility index (Phi) is 6.03. The molecule has 0 bridgehead atoms. The van der Waals surface area contributed by atoms with Crippen molar-refractivity contribution in [1.29, 1.82) is 0 Å². The summed E-state index contributed by atoms with van der Waals surface area (Å²) < 4.78 is 5.49. The molecule has 0 spiro atoms. The van der Waals surface area contributed by atoms with Crippen LogP contribution in [-0.2, 0) is 11.3 Å². The topological polar surface area (TPSA) is 29.5 Å². The fraction of sp³-hybridized carbons (Fsp3) is 0.562. The van der Waals surface area contributed by atoms with Crippen molar-refractivity contribution in [3.8, 4) is 5.75 Å². The van der Waals surface area contributed by atoms with Crippen LogP contribution in [0.25, 0.3) is 0 Å². The van der Waals surface area contributed by atoms with Gasteiger partial charge in [-0.25, -0.2) is 0 Å². The number of aryl methyl sites for hydroxylation is 2. The van der Waals surface area contributed by atoms with Gasteiger partial charge < -0.3 is 14.4 Å². The van der Waals surface area contributed by atoms with E-state index < -0.39 is 0 Å². The first-order valence-electron chi connectivity index (χ1n) is 6.76. The smallest absolute Gasteiger partial charge is 0.129 e. The second-order valence-electron chi connectivity index (χ2n) is 5.32. The van der Waals surface area contributed by atoms with Crippen LogP contribution in [0.4, 0.5) is 0 Å². The minimum Gasteiger partial charge on any atom is -0.496 e. The fourth-order valence-electron chi connectivity index (χ4n) is 2.42. The van der Waals surface area contributed by atoms with Crippen molar-refractivity contribution < 1.29 is 9.53 Å². The minimum atomic E-state index is 0.261. The first-order valence-corrected chi connectivity index (χ1v) is 6.76. The number of ketones is 1. The molecule has 0 aliphatic heterocycles. The second-order valence-corrected chi connectivity index (χ2v) is 5.32. The van der Waals surface area contributed by atoms with Crippen LogP contribution in [0.15, 0.2) is 12.1 Å². The van der Waals surface area contributed by atoms with E-state index in [4.69, 9.17) is 4.74 Å². The summed E-state index contributed by atoms with van der Waals surface area (Å²) in [6, 6.07) is 4.31. The molecule has 0 amide bonds. The zero-order valence-corrected chi connectivity index (χ0v) is 12.7. The lowest BCUT2D eigenvalue weighted by molar-refractivity contribution is -0.117. The summed E-state index contributed by atoms with van der Waals surface area (Å²) in [6.07, 6.45) is 1.58. The first-order chi connectivity index (χ1) is 8.93. The van der Waals surface area contributed by atoms with Crippen molar-refractivity contribution in [2.45, 2.75) is 40.2 Å². The van der Waals surface area contributed by atoms with Crippen molar-refractivity contribution in [3.63, 3.8) is 0 Å². The van der Waals surface area contributed by atoms with Gasteiger partial charge in [-0.3, -0.25) is 0 Å². The average molecular weight is 263 g/mol. The molecule has 0 N–H and O–H groups in total. The van der Waals surface area contributed by atoms with Crippen LogP contribution < -0.4 is 4.74 Å². The quantitative estimate of drug-likeness (QED) is 0.757. The SMILES string of the molecule is COc1c(C)cc(C)cc1CN(C)CCCC(C)=O. The average Bonchev–Trinajstić information content (AvgIpc) is 2.27. The second kappa shape index (κ2) is 7.29. The summed E-state index contributed by atoms with van der Waals surface area (Å²) in [6.45, 7) is 7.60. The normalized spacial score (nSPS) is 10.8. The van der Waals surface area contributed by atoms with Gasteiger partial charge in [-0.15, -0.1) is 0 Å². The van der Waals surface area contributed by atoms with Crippen molar-refractivity contribution in [2.75, 3.05) is 20.7 Å². The van der Waals surface area contributed by atoms with Crippen molar-refractivity contribution in [1.82, 2.24) is 4.90 Å². The molecule has 1 rings (SSSR count). The highest BCUT2D eigenvalue weighted by Crippen LogP contribution is 2.26. The summed E-state index contributed by atoms with van der Waals surface area (Å²) in [5.74, 6) is 1.24. The molecule has 0 aliphatic carbocycles. The van der Waals surface area contributed by atoms with Crippen LogP contribution in [0.2, 0.25) is 0 Å². The van der Waals surface area contributed by atoms with E-state index in [2.05, 4.69) is 37.9 Å². The van der Waals surface area contributed by atoms with Gasteiger partial charge in [0, 0.05) is 18.5 Å². The zero-order chi connectivity index (χ0) is 14.4. The molecule has 3 heteroatoms. The lowest BCUT2D eigenvalue weighted by Crippen LogP contribution is -2.20. The molecule has 0 fully saturated rings. The van der Waals surface area contributed by atoms with E-state index in [-0.39, 0.29) is 5.78 Å². The van der Waals surface area contributed by atoms with E-state index in [1.165, 1.54) is 16.7 Å². The predicted octanol–water partition coefficient (Wildman–Crippen LogP) is 3.11. The third kappa shape index (κ3) is 5.03. The maximum Gasteiger partial charge on any atom is 0.129 e. The lowest BCUT2D eigenvalue weighted by atomic mass is 10.0. The van der Waals surface area contributed by atoms with Gasteiger partial charge in [-0.05, 0) is 46.3 Å². The predicted molar refractivity (Wildman–Crippen MR) is 78.7 cm³/mol. The third-order valence-corrected chi connectivity index (χ3v) is 3.21. The number of ether oxygens (including phenoxy) is 1. The number of carbonyl (C=O) groups is 1. The number of carbonyl (C=O) groups excluding carboxylic acids is 1. The van der Waals surface area contributed by atoms with Crippen LogP contribution in [0.5, 0.6) is 5.75 Å². The van der Waals surface area contributed by atoms with E-state index in [9.17, 15) is 4.79 Å². The van der Waals surface area contributed by atoms with Gasteiger partial charge in [-0.1, -0.05) is 17.7 Å². The lowest BCUT2D eigenvalue weighted by Gasteiger charge is -2.19. The number of hydrogen-bond acceptors (Lipinski definition) is 3. The van der Waals surface area contributed by atoms with Crippen LogP contribution in [-0.4, -0.2) is 31.4 Å². The highest BCUT2D eigenvalue weighted by atomic mass is 16.5. The molecular formula is C16H25NO2. The molecule has 0 heterocycles. The minimum absolute atomic E-state index is 0.261. The third-order valence-electron chi connectivity index (χ3n) is 3.21. The Bertz CT molecular complexity index is 441. The highest BCUT2D eigenvalue weighted by Gasteiger charge is 2.10. The van der Waals surface area contributed by atoms with Crippen molar-refractivity contribution in [3.05, 3.63) is 28.8 Å². The Morgan fingerprint density at radius 3 is 2.58 bits per heavy atom. The molecule has 106 valence electrons. The Balaban J connectivity index is 2.67. The Labute approximate surface area is 116 Å². The fourth-order valence-corrected chi connectivity index (χ4v) is 2.42. The van der Waals surface area contributed by atoms with E-state index in [1.807, 2.05) is 0 Å². The standard InChI is InChI=1S/C16H25NO2/c1-12-9-13(2)16(19-5)15(10-12)11-17(4)8-6-7-14(3)18/h9-10H,6-8,11H2,1-5H3. The van der Waals surface area contributed by atoms with Gasteiger partial charge >= 0.3 is 0 Å². The monoisotopic (exact) mass is 263 g/mol. The molecule has 0 aliphatic rings. The summed E-state index contributed by atoms with van der Waals surface area (Å²) >= 11 is 0. The van der Waals surface area contributed by atoms with Crippen LogP contribution >= 0.6 is 0 Å². The van der Waals surface area contributed by atoms with Gasteiger partial charge in [0.05, 0.1) is 7.11 Å². The van der Waals surface area contributed by atoms with E-state index >= 15 is 0 Å². The Morgan fingerprint density at radius 2 is 2.00 bits per heavy atom. The summed E-state index contributed by atoms with van der Waals surface area (Å²) in [7, 11) is 3.80. The largest absolute Gasteiger partial charge is 0.496 e. The van der Waals surface area contributed by atoms with Crippen LogP contribution in [0.1, 0.15) is 36.5 Å². The summed E-state index contributed by atoms with van der Waals surface area (Å²) in [4.78, 5) is 13.2. The highest BCUT2D eigenvalue weighted by molar-refractivity contribution is 5.75. The number of Topliss-reactive ketones (excluding diaryl/α,β-unsaturated/α-hetero) is 1. The van der Waals surface area contributed by atoms with Crippen molar-refractivity contribution >= 4 is 5.78 Å². The van der Waals surface area contributed by atoms with E-state index in [0.717, 1.165) is 25.3 Å². The molecule has 19 heavy (non-hydrogen) atoms.